The van der Waals surface area contributed by atoms with Crippen LogP contribution < -0.4 is 9.44 Å². The van der Waals surface area contributed by atoms with E-state index in [1.165, 1.54) is 18.2 Å². The second-order valence-corrected chi connectivity index (χ2v) is 6.94. The van der Waals surface area contributed by atoms with E-state index in [0.717, 1.165) is 24.3 Å². The zero-order valence-electron chi connectivity index (χ0n) is 11.7. The lowest BCUT2D eigenvalue weighted by Gasteiger charge is -2.11. The Hall–Kier alpha value is -2.11. The van der Waals surface area contributed by atoms with Crippen molar-refractivity contribution in [1.29, 1.82) is 0 Å². The molecule has 6 nitrogen and oxygen atoms in total. The minimum absolute atomic E-state index is 0.203. The first-order valence-electron chi connectivity index (χ1n) is 6.25. The average molecular weight is 380 g/mol. The molecule has 0 saturated heterocycles. The predicted molar refractivity (Wildman–Crippen MR) is 83.1 cm³/mol. The van der Waals surface area contributed by atoms with Crippen molar-refractivity contribution in [2.45, 2.75) is 11.1 Å². The van der Waals surface area contributed by atoms with E-state index >= 15 is 0 Å². The summed E-state index contributed by atoms with van der Waals surface area (Å²) in [5.74, 6) is 0. The quantitative estimate of drug-likeness (QED) is 0.695. The molecular formula is C13H11F3N2O4S2. The van der Waals surface area contributed by atoms with Gasteiger partial charge in [-0.3, -0.25) is 14.0 Å². The Bertz CT molecular complexity index is 852. The van der Waals surface area contributed by atoms with Gasteiger partial charge in [-0.2, -0.15) is 13.2 Å². The van der Waals surface area contributed by atoms with Gasteiger partial charge in [0.25, 0.3) is 21.3 Å². The molecule has 0 aliphatic heterocycles. The highest BCUT2D eigenvalue weighted by Crippen LogP contribution is 2.31. The maximum atomic E-state index is 12.6. The molecule has 1 atom stereocenters. The summed E-state index contributed by atoms with van der Waals surface area (Å²) in [7, 11) is -4.10. The molecule has 0 radical (unpaired) electrons. The topological polar surface area (TPSA) is 95.5 Å². The molecule has 0 aliphatic rings. The van der Waals surface area contributed by atoms with Gasteiger partial charge in [-0.15, -0.1) is 0 Å². The highest BCUT2D eigenvalue weighted by Gasteiger charge is 2.30. The van der Waals surface area contributed by atoms with E-state index in [-0.39, 0.29) is 16.3 Å². The van der Waals surface area contributed by atoms with Crippen LogP contribution in [0.1, 0.15) is 5.56 Å². The number of sulfonamides is 1. The molecule has 0 heterocycles. The van der Waals surface area contributed by atoms with E-state index in [0.29, 0.717) is 6.07 Å². The minimum atomic E-state index is -4.59. The van der Waals surface area contributed by atoms with Crippen molar-refractivity contribution < 1.29 is 30.4 Å². The largest absolute Gasteiger partial charge is 0.416 e. The van der Waals surface area contributed by atoms with E-state index < -0.39 is 33.0 Å². The third-order valence-electron chi connectivity index (χ3n) is 2.81. The van der Waals surface area contributed by atoms with Gasteiger partial charge in [-0.25, -0.2) is 12.6 Å². The van der Waals surface area contributed by atoms with Crippen LogP contribution in [0.25, 0.3) is 0 Å². The fourth-order valence-corrected chi connectivity index (χ4v) is 3.16. The van der Waals surface area contributed by atoms with Gasteiger partial charge >= 0.3 is 6.18 Å². The molecule has 2 aromatic rings. The van der Waals surface area contributed by atoms with Gasteiger partial charge in [-0.05, 0) is 42.5 Å². The van der Waals surface area contributed by atoms with Crippen LogP contribution in [-0.2, 0) is 27.5 Å². The third kappa shape index (κ3) is 4.69. The van der Waals surface area contributed by atoms with E-state index in [9.17, 15) is 25.8 Å². The highest BCUT2D eigenvalue weighted by atomic mass is 32.2. The lowest BCUT2D eigenvalue weighted by atomic mass is 10.2. The van der Waals surface area contributed by atoms with Crippen LogP contribution >= 0.6 is 0 Å². The molecule has 11 heteroatoms. The number of anilines is 2. The molecule has 130 valence electrons. The standard InChI is InChI=1S/C13H11F3N2O4S2/c14-13(15,16)9-2-1-3-11(8-9)18-24(21,22)12-6-4-10(5-7-12)17-23(19)20/h1-8,17-18H,(H,19,20). The normalized spacial score (nSPS) is 13.3. The summed E-state index contributed by atoms with van der Waals surface area (Å²) in [4.78, 5) is -0.214. The Kier molecular flexibility index (Phi) is 5.16. The van der Waals surface area contributed by atoms with Crippen molar-refractivity contribution >= 4 is 32.7 Å². The first kappa shape index (κ1) is 18.2. The highest BCUT2D eigenvalue weighted by molar-refractivity contribution is 7.92. The second kappa shape index (κ2) is 6.79. The van der Waals surface area contributed by atoms with Gasteiger partial charge in [-0.1, -0.05) is 6.07 Å². The van der Waals surface area contributed by atoms with Crippen molar-refractivity contribution in [3.63, 3.8) is 0 Å². The SMILES string of the molecule is O=S(O)Nc1ccc(S(=O)(=O)Nc2cccc(C(F)(F)F)c2)cc1. The van der Waals surface area contributed by atoms with Gasteiger partial charge < -0.3 is 0 Å². The fraction of sp³-hybridized carbons (Fsp3) is 0.0769. The van der Waals surface area contributed by atoms with Crippen LogP contribution in [0.4, 0.5) is 24.5 Å². The molecule has 1 unspecified atom stereocenters. The Morgan fingerprint density at radius 1 is 1.00 bits per heavy atom. The van der Waals surface area contributed by atoms with Crippen LogP contribution in [0, 0.1) is 0 Å². The Balaban J connectivity index is 2.24. The van der Waals surface area contributed by atoms with Gasteiger partial charge in [0.05, 0.1) is 10.5 Å². The fourth-order valence-electron chi connectivity index (χ4n) is 1.78. The summed E-state index contributed by atoms with van der Waals surface area (Å²) in [5, 5.41) is 0. The number of rotatable bonds is 5. The zero-order valence-corrected chi connectivity index (χ0v) is 13.4. The maximum absolute atomic E-state index is 12.6. The summed E-state index contributed by atoms with van der Waals surface area (Å²) in [5.41, 5.74) is -1.01. The molecule has 0 aliphatic carbocycles. The molecule has 24 heavy (non-hydrogen) atoms. The Labute approximate surface area is 138 Å². The minimum Gasteiger partial charge on any atom is -0.289 e. The van der Waals surface area contributed by atoms with E-state index in [4.69, 9.17) is 4.55 Å². The smallest absolute Gasteiger partial charge is 0.289 e. The van der Waals surface area contributed by atoms with Crippen molar-refractivity contribution in [2.75, 3.05) is 9.44 Å². The molecule has 0 aromatic heterocycles. The number of hydrogen-bond acceptors (Lipinski definition) is 3. The van der Waals surface area contributed by atoms with Gasteiger partial charge in [0.2, 0.25) is 0 Å². The number of benzene rings is 2. The molecule has 0 bridgehead atoms. The Morgan fingerprint density at radius 2 is 1.62 bits per heavy atom. The Morgan fingerprint density at radius 3 is 2.17 bits per heavy atom. The van der Waals surface area contributed by atoms with Crippen LogP contribution in [-0.4, -0.2) is 17.2 Å². The van der Waals surface area contributed by atoms with E-state index in [2.05, 4.69) is 4.72 Å². The van der Waals surface area contributed by atoms with Crippen LogP contribution in [0.2, 0.25) is 0 Å². The second-order valence-electron chi connectivity index (χ2n) is 4.56. The number of alkyl halides is 3. The summed E-state index contributed by atoms with van der Waals surface area (Å²) >= 11 is -2.31. The van der Waals surface area contributed by atoms with Gasteiger partial charge in [0, 0.05) is 11.4 Å². The molecule has 2 rings (SSSR count). The first-order chi connectivity index (χ1) is 11.1. The maximum Gasteiger partial charge on any atom is 0.416 e. The summed E-state index contributed by atoms with van der Waals surface area (Å²) < 4.78 is 85.7. The summed E-state index contributed by atoms with van der Waals surface area (Å²) in [6.07, 6.45) is -4.59. The first-order valence-corrected chi connectivity index (χ1v) is 8.84. The molecule has 0 saturated carbocycles. The molecule has 2 aromatic carbocycles. The predicted octanol–water partition coefficient (Wildman–Crippen LogP) is 3.05. The zero-order chi connectivity index (χ0) is 18.0. The monoisotopic (exact) mass is 380 g/mol. The van der Waals surface area contributed by atoms with E-state index in [1.807, 2.05) is 4.72 Å². The molecule has 0 spiro atoms. The lowest BCUT2D eigenvalue weighted by Crippen LogP contribution is -2.14. The number of nitrogens with one attached hydrogen (secondary N) is 2. The van der Waals surface area contributed by atoms with Gasteiger partial charge in [0.1, 0.15) is 0 Å². The average Bonchev–Trinajstić information content (AvgIpc) is 2.46. The number of hydrogen-bond donors (Lipinski definition) is 3. The van der Waals surface area contributed by atoms with Crippen molar-refractivity contribution in [1.82, 2.24) is 0 Å². The van der Waals surface area contributed by atoms with Crippen LogP contribution in [0.15, 0.2) is 53.4 Å². The third-order valence-corrected chi connectivity index (χ3v) is 4.62. The van der Waals surface area contributed by atoms with E-state index in [1.54, 1.807) is 0 Å². The lowest BCUT2D eigenvalue weighted by molar-refractivity contribution is -0.137. The van der Waals surface area contributed by atoms with Gasteiger partial charge in [0.15, 0.2) is 0 Å². The van der Waals surface area contributed by atoms with Crippen molar-refractivity contribution in [3.05, 3.63) is 54.1 Å². The van der Waals surface area contributed by atoms with Crippen LogP contribution in [0.5, 0.6) is 0 Å². The molecular weight excluding hydrogens is 369 g/mol. The summed E-state index contributed by atoms with van der Waals surface area (Å²) in [6.45, 7) is 0. The molecule has 3 N–H and O–H groups in total. The van der Waals surface area contributed by atoms with Crippen LogP contribution in [0.3, 0.4) is 0 Å². The van der Waals surface area contributed by atoms with Crippen molar-refractivity contribution in [3.8, 4) is 0 Å². The molecule has 0 amide bonds. The number of halogens is 3. The van der Waals surface area contributed by atoms with Crippen molar-refractivity contribution in [2.24, 2.45) is 0 Å². The molecule has 0 fully saturated rings. The summed E-state index contributed by atoms with van der Waals surface area (Å²) in [6, 6.07) is 8.57.